The van der Waals surface area contributed by atoms with E-state index in [9.17, 15) is 4.79 Å². The summed E-state index contributed by atoms with van der Waals surface area (Å²) in [5, 5.41) is 6.03. The minimum absolute atomic E-state index is 0.00957. The Morgan fingerprint density at radius 1 is 1.28 bits per heavy atom. The summed E-state index contributed by atoms with van der Waals surface area (Å²) in [6.45, 7) is 11.3. The van der Waals surface area contributed by atoms with E-state index in [1.807, 2.05) is 32.0 Å². The summed E-state index contributed by atoms with van der Waals surface area (Å²) in [6, 6.07) is 6.21. The molecule has 1 aromatic rings. The molecule has 0 radical (unpaired) electrons. The van der Waals surface area contributed by atoms with Gasteiger partial charge in [-0.3, -0.25) is 0 Å². The molecule has 2 heterocycles. The SMILES string of the molecule is Cc1cccc(N2CCC(NC(=O)N[C@@H](C)COCC(C)C)CC2)n1. The first-order valence-electron chi connectivity index (χ1n) is 9.27. The Bertz CT molecular complexity index is 542. The maximum atomic E-state index is 12.1. The molecule has 2 rings (SSSR count). The molecule has 1 aliphatic heterocycles. The molecule has 140 valence electrons. The molecule has 0 bridgehead atoms. The van der Waals surface area contributed by atoms with Gasteiger partial charge < -0.3 is 20.3 Å². The normalized spacial score (nSPS) is 16.8. The van der Waals surface area contributed by atoms with Crippen LogP contribution in [-0.2, 0) is 4.74 Å². The molecule has 0 aromatic carbocycles. The monoisotopic (exact) mass is 348 g/mol. The average molecular weight is 348 g/mol. The maximum absolute atomic E-state index is 12.1. The zero-order chi connectivity index (χ0) is 18.2. The zero-order valence-electron chi connectivity index (χ0n) is 15.9. The van der Waals surface area contributed by atoms with Gasteiger partial charge in [0.05, 0.1) is 12.6 Å². The van der Waals surface area contributed by atoms with Crippen LogP contribution in [-0.4, -0.2) is 49.4 Å². The van der Waals surface area contributed by atoms with E-state index < -0.39 is 0 Å². The van der Waals surface area contributed by atoms with Crippen molar-refractivity contribution in [2.45, 2.75) is 52.6 Å². The highest BCUT2D eigenvalue weighted by molar-refractivity contribution is 5.74. The van der Waals surface area contributed by atoms with Crippen molar-refractivity contribution in [2.24, 2.45) is 5.92 Å². The molecule has 0 saturated carbocycles. The van der Waals surface area contributed by atoms with Crippen molar-refractivity contribution in [2.75, 3.05) is 31.2 Å². The number of urea groups is 1. The van der Waals surface area contributed by atoms with Gasteiger partial charge in [-0.05, 0) is 44.7 Å². The average Bonchev–Trinajstić information content (AvgIpc) is 2.55. The molecular formula is C19H32N4O2. The molecule has 1 saturated heterocycles. The van der Waals surface area contributed by atoms with Crippen LogP contribution in [0.5, 0.6) is 0 Å². The Morgan fingerprint density at radius 3 is 2.64 bits per heavy atom. The van der Waals surface area contributed by atoms with Crippen LogP contribution in [0.15, 0.2) is 18.2 Å². The van der Waals surface area contributed by atoms with Crippen LogP contribution in [0, 0.1) is 12.8 Å². The molecule has 25 heavy (non-hydrogen) atoms. The van der Waals surface area contributed by atoms with Crippen LogP contribution in [0.1, 0.15) is 39.3 Å². The Hall–Kier alpha value is -1.82. The van der Waals surface area contributed by atoms with Gasteiger partial charge in [0, 0.05) is 31.4 Å². The van der Waals surface area contributed by atoms with Crippen molar-refractivity contribution in [1.82, 2.24) is 15.6 Å². The number of ether oxygens (including phenoxy) is 1. The predicted molar refractivity (Wildman–Crippen MR) is 101 cm³/mol. The fourth-order valence-electron chi connectivity index (χ4n) is 2.93. The number of pyridine rings is 1. The van der Waals surface area contributed by atoms with Crippen molar-refractivity contribution in [1.29, 1.82) is 0 Å². The first-order chi connectivity index (χ1) is 11.9. The molecule has 1 atom stereocenters. The summed E-state index contributed by atoms with van der Waals surface area (Å²) >= 11 is 0. The van der Waals surface area contributed by atoms with E-state index in [1.54, 1.807) is 0 Å². The number of hydrogen-bond donors (Lipinski definition) is 2. The summed E-state index contributed by atoms with van der Waals surface area (Å²) < 4.78 is 5.56. The second-order valence-corrected chi connectivity index (χ2v) is 7.35. The largest absolute Gasteiger partial charge is 0.379 e. The Kier molecular flexibility index (Phi) is 7.50. The number of aromatic nitrogens is 1. The number of carbonyl (C=O) groups excluding carboxylic acids is 1. The van der Waals surface area contributed by atoms with Gasteiger partial charge in [0.1, 0.15) is 5.82 Å². The van der Waals surface area contributed by atoms with Crippen molar-refractivity contribution in [3.8, 4) is 0 Å². The van der Waals surface area contributed by atoms with Gasteiger partial charge in [-0.2, -0.15) is 0 Å². The van der Waals surface area contributed by atoms with Crippen LogP contribution in [0.4, 0.5) is 10.6 Å². The minimum atomic E-state index is -0.104. The Morgan fingerprint density at radius 2 is 2.00 bits per heavy atom. The lowest BCUT2D eigenvalue weighted by Gasteiger charge is -2.33. The van der Waals surface area contributed by atoms with Crippen LogP contribution in [0.2, 0.25) is 0 Å². The van der Waals surface area contributed by atoms with E-state index in [1.165, 1.54) is 0 Å². The standard InChI is InChI=1S/C19H32N4O2/c1-14(2)12-25-13-16(4)21-19(24)22-17-8-10-23(11-9-17)18-7-5-6-15(3)20-18/h5-7,14,16-17H,8-13H2,1-4H3,(H2,21,22,24)/t16-/m0/s1. The number of hydrogen-bond acceptors (Lipinski definition) is 4. The topological polar surface area (TPSA) is 66.5 Å². The molecule has 0 aliphatic carbocycles. The third-order valence-corrected chi connectivity index (χ3v) is 4.22. The highest BCUT2D eigenvalue weighted by Gasteiger charge is 2.22. The summed E-state index contributed by atoms with van der Waals surface area (Å²) in [6.07, 6.45) is 1.86. The van der Waals surface area contributed by atoms with Gasteiger partial charge in [-0.25, -0.2) is 9.78 Å². The Balaban J connectivity index is 1.68. The number of carbonyl (C=O) groups is 1. The lowest BCUT2D eigenvalue weighted by molar-refractivity contribution is 0.0952. The minimum Gasteiger partial charge on any atom is -0.379 e. The highest BCUT2D eigenvalue weighted by atomic mass is 16.5. The Labute approximate surface area is 151 Å². The van der Waals surface area contributed by atoms with E-state index in [4.69, 9.17) is 4.74 Å². The zero-order valence-corrected chi connectivity index (χ0v) is 15.9. The van der Waals surface area contributed by atoms with E-state index >= 15 is 0 Å². The van der Waals surface area contributed by atoms with Crippen molar-refractivity contribution < 1.29 is 9.53 Å². The predicted octanol–water partition coefficient (Wildman–Crippen LogP) is 2.72. The lowest BCUT2D eigenvalue weighted by atomic mass is 10.1. The summed E-state index contributed by atoms with van der Waals surface area (Å²) in [7, 11) is 0. The number of nitrogens with one attached hydrogen (secondary N) is 2. The van der Waals surface area contributed by atoms with Crippen molar-refractivity contribution >= 4 is 11.8 Å². The number of amides is 2. The van der Waals surface area contributed by atoms with Gasteiger partial charge >= 0.3 is 6.03 Å². The highest BCUT2D eigenvalue weighted by Crippen LogP contribution is 2.18. The van der Waals surface area contributed by atoms with Crippen LogP contribution in [0.3, 0.4) is 0 Å². The third-order valence-electron chi connectivity index (χ3n) is 4.22. The van der Waals surface area contributed by atoms with Crippen LogP contribution in [0.25, 0.3) is 0 Å². The summed E-state index contributed by atoms with van der Waals surface area (Å²) in [4.78, 5) is 19.0. The molecule has 2 amide bonds. The van der Waals surface area contributed by atoms with Crippen LogP contribution >= 0.6 is 0 Å². The summed E-state index contributed by atoms with van der Waals surface area (Å²) in [5.74, 6) is 1.54. The number of aryl methyl sites for hydroxylation is 1. The first-order valence-corrected chi connectivity index (χ1v) is 9.27. The maximum Gasteiger partial charge on any atom is 0.315 e. The molecule has 0 spiro atoms. The number of rotatable bonds is 7. The smallest absolute Gasteiger partial charge is 0.315 e. The van der Waals surface area contributed by atoms with E-state index in [-0.39, 0.29) is 18.1 Å². The van der Waals surface area contributed by atoms with Crippen molar-refractivity contribution in [3.05, 3.63) is 23.9 Å². The lowest BCUT2D eigenvalue weighted by Crippen LogP contribution is -2.50. The quantitative estimate of drug-likeness (QED) is 0.795. The number of nitrogens with zero attached hydrogens (tertiary/aromatic N) is 2. The van der Waals surface area contributed by atoms with E-state index in [0.717, 1.165) is 44.0 Å². The molecular weight excluding hydrogens is 316 g/mol. The molecule has 2 N–H and O–H groups in total. The summed E-state index contributed by atoms with van der Waals surface area (Å²) in [5.41, 5.74) is 1.03. The van der Waals surface area contributed by atoms with Gasteiger partial charge in [0.25, 0.3) is 0 Å². The number of piperidine rings is 1. The van der Waals surface area contributed by atoms with Crippen molar-refractivity contribution in [3.63, 3.8) is 0 Å². The second kappa shape index (κ2) is 9.61. The third kappa shape index (κ3) is 6.90. The number of anilines is 1. The van der Waals surface area contributed by atoms with Gasteiger partial charge in [-0.1, -0.05) is 19.9 Å². The molecule has 6 heteroatoms. The molecule has 1 aliphatic rings. The van der Waals surface area contributed by atoms with E-state index in [2.05, 4.69) is 34.4 Å². The van der Waals surface area contributed by atoms with E-state index in [0.29, 0.717) is 12.5 Å². The fourth-order valence-corrected chi connectivity index (χ4v) is 2.93. The first kappa shape index (κ1) is 19.5. The van der Waals surface area contributed by atoms with Gasteiger partial charge in [0.15, 0.2) is 0 Å². The van der Waals surface area contributed by atoms with Crippen LogP contribution < -0.4 is 15.5 Å². The second-order valence-electron chi connectivity index (χ2n) is 7.35. The molecule has 0 unspecified atom stereocenters. The van der Waals surface area contributed by atoms with Gasteiger partial charge in [-0.15, -0.1) is 0 Å². The fraction of sp³-hybridized carbons (Fsp3) is 0.684. The molecule has 1 fully saturated rings. The molecule has 6 nitrogen and oxygen atoms in total. The molecule has 1 aromatic heterocycles. The van der Waals surface area contributed by atoms with Gasteiger partial charge in [0.2, 0.25) is 0 Å².